The van der Waals surface area contributed by atoms with Crippen LogP contribution in [0.5, 0.6) is 0 Å². The fourth-order valence-electron chi connectivity index (χ4n) is 2.58. The van der Waals surface area contributed by atoms with E-state index >= 15 is 0 Å². The summed E-state index contributed by atoms with van der Waals surface area (Å²) in [6, 6.07) is 2.47. The minimum absolute atomic E-state index is 0. The molecule has 1 rings (SSSR count). The molecule has 2 heteroatoms. The molecule has 0 amide bonds. The smallest absolute Gasteiger partial charge is 0.701 e. The van der Waals surface area contributed by atoms with Crippen LogP contribution in [-0.2, 0) is 0 Å². The second-order valence-corrected chi connectivity index (χ2v) is 8.76. The van der Waals surface area contributed by atoms with Crippen LogP contribution in [-0.4, -0.2) is 8.07 Å². The summed E-state index contributed by atoms with van der Waals surface area (Å²) in [5.41, 5.74) is 3.84. The molecule has 0 heterocycles. The van der Waals surface area contributed by atoms with Crippen LogP contribution in [0.3, 0.4) is 0 Å². The van der Waals surface area contributed by atoms with Gasteiger partial charge in [-0.25, -0.2) is 0 Å². The van der Waals surface area contributed by atoms with Crippen molar-refractivity contribution in [2.75, 3.05) is 0 Å². The van der Waals surface area contributed by atoms with Crippen molar-refractivity contribution in [2.45, 2.75) is 57.2 Å². The van der Waals surface area contributed by atoms with Gasteiger partial charge in [0, 0.05) is 0 Å². The van der Waals surface area contributed by atoms with E-state index in [1.54, 1.807) is 0 Å². The number of hydrogen-bond donors (Lipinski definition) is 0. The molecule has 13 heavy (non-hydrogen) atoms. The summed E-state index contributed by atoms with van der Waals surface area (Å²) in [5, 5.41) is 0. The molecule has 0 bridgehead atoms. The predicted octanol–water partition coefficient (Wildman–Crippen LogP) is 0.552. The van der Waals surface area contributed by atoms with Gasteiger partial charge in [-0.05, 0) is 5.54 Å². The van der Waals surface area contributed by atoms with Gasteiger partial charge in [0.2, 0.25) is 0 Å². The van der Waals surface area contributed by atoms with E-state index in [4.69, 9.17) is 6.42 Å². The van der Waals surface area contributed by atoms with Crippen LogP contribution in [0.25, 0.3) is 0 Å². The monoisotopic (exact) mass is 186 g/mol. The second kappa shape index (κ2) is 5.97. The van der Waals surface area contributed by atoms with Crippen LogP contribution < -0.4 is 18.9 Å². The van der Waals surface area contributed by atoms with Crippen molar-refractivity contribution in [3.05, 3.63) is 6.42 Å². The molecule has 0 saturated heterocycles. The Hall–Kier alpha value is 0.374. The summed E-state index contributed by atoms with van der Waals surface area (Å²) in [6.07, 6.45) is 13.1. The molecule has 0 aliphatic heterocycles. The molecule has 0 spiro atoms. The summed E-state index contributed by atoms with van der Waals surface area (Å²) < 4.78 is 0. The molecule has 1 fully saturated rings. The van der Waals surface area contributed by atoms with Crippen molar-refractivity contribution in [3.8, 4) is 5.54 Å². The van der Waals surface area contributed by atoms with Gasteiger partial charge in [-0.15, -0.1) is 0 Å². The van der Waals surface area contributed by atoms with Crippen LogP contribution >= 0.6 is 0 Å². The summed E-state index contributed by atoms with van der Waals surface area (Å²) in [7, 11) is -1.37. The molecule has 68 valence electrons. The standard InChI is InChI=1S/C11H19Si.Li/c1-4-12(5-2,6-3)11-9-7-8-10-11;/h11H,4-5,7-10H2,1-2H3;/q-1;+1. The zero-order valence-electron chi connectivity index (χ0n) is 9.32. The molecule has 0 aromatic rings. The average Bonchev–Trinajstić information content (AvgIpc) is 2.62. The van der Waals surface area contributed by atoms with Crippen LogP contribution in [0, 0.1) is 12.0 Å². The first kappa shape index (κ1) is 13.4. The third-order valence-electron chi connectivity index (χ3n) is 3.65. The summed E-state index contributed by atoms with van der Waals surface area (Å²) in [5.74, 6) is 0. The minimum Gasteiger partial charge on any atom is -0.701 e. The van der Waals surface area contributed by atoms with Gasteiger partial charge in [0.1, 0.15) is 0 Å². The Bertz CT molecular complexity index is 173. The molecular formula is C11H19LiSi. The first-order chi connectivity index (χ1) is 5.79. The SMILES string of the molecule is [C-]#C[Si](CC)(CC)C1CCCC1.[Li+]. The number of rotatable bonds is 3. The van der Waals surface area contributed by atoms with Crippen LogP contribution in [0.2, 0.25) is 17.6 Å². The molecular weight excluding hydrogens is 167 g/mol. The Morgan fingerprint density at radius 2 is 1.69 bits per heavy atom. The van der Waals surface area contributed by atoms with E-state index in [2.05, 4.69) is 19.4 Å². The Morgan fingerprint density at radius 3 is 2.00 bits per heavy atom. The minimum atomic E-state index is -1.37. The maximum atomic E-state index is 7.48. The largest absolute Gasteiger partial charge is 1.00 e. The third-order valence-corrected chi connectivity index (χ3v) is 8.81. The molecule has 0 atom stereocenters. The molecule has 1 aliphatic rings. The van der Waals surface area contributed by atoms with E-state index in [0.29, 0.717) is 0 Å². The molecule has 0 unspecified atom stereocenters. The summed E-state index contributed by atoms with van der Waals surface area (Å²) >= 11 is 0. The molecule has 0 aromatic heterocycles. The van der Waals surface area contributed by atoms with Crippen molar-refractivity contribution in [1.29, 1.82) is 0 Å². The van der Waals surface area contributed by atoms with Crippen molar-refractivity contribution in [1.82, 2.24) is 0 Å². The van der Waals surface area contributed by atoms with Crippen molar-refractivity contribution in [3.63, 3.8) is 0 Å². The molecule has 0 aromatic carbocycles. The molecule has 1 aliphatic carbocycles. The van der Waals surface area contributed by atoms with Gasteiger partial charge in [-0.3, -0.25) is 0 Å². The Kier molecular flexibility index (Phi) is 6.14. The van der Waals surface area contributed by atoms with E-state index < -0.39 is 8.07 Å². The quantitative estimate of drug-likeness (QED) is 0.343. The van der Waals surface area contributed by atoms with E-state index in [9.17, 15) is 0 Å². The fraction of sp³-hybridized carbons (Fsp3) is 0.818. The number of hydrogen-bond acceptors (Lipinski definition) is 0. The topological polar surface area (TPSA) is 0 Å². The van der Waals surface area contributed by atoms with Gasteiger partial charge in [0.05, 0.1) is 8.07 Å². The van der Waals surface area contributed by atoms with Crippen LogP contribution in [0.15, 0.2) is 0 Å². The van der Waals surface area contributed by atoms with Gasteiger partial charge in [0.15, 0.2) is 0 Å². The van der Waals surface area contributed by atoms with Crippen LogP contribution in [0.1, 0.15) is 39.5 Å². The van der Waals surface area contributed by atoms with Crippen molar-refractivity contribution in [2.24, 2.45) is 0 Å². The normalized spacial score (nSPS) is 17.9. The van der Waals surface area contributed by atoms with Gasteiger partial charge >= 0.3 is 18.9 Å². The molecule has 0 N–H and O–H groups in total. The maximum absolute atomic E-state index is 7.48. The Morgan fingerprint density at radius 1 is 1.23 bits per heavy atom. The van der Waals surface area contributed by atoms with E-state index in [1.165, 1.54) is 37.8 Å². The fourth-order valence-corrected chi connectivity index (χ4v) is 6.31. The predicted molar refractivity (Wildman–Crippen MR) is 56.1 cm³/mol. The first-order valence-electron chi connectivity index (χ1n) is 5.23. The van der Waals surface area contributed by atoms with Crippen LogP contribution in [0.4, 0.5) is 0 Å². The zero-order chi connectivity index (χ0) is 9.03. The molecule has 0 radical (unpaired) electrons. The van der Waals surface area contributed by atoms with Gasteiger partial charge in [0.25, 0.3) is 0 Å². The zero-order valence-corrected chi connectivity index (χ0v) is 10.3. The Balaban J connectivity index is 0.00000144. The molecule has 0 nitrogen and oxygen atoms in total. The second-order valence-electron chi connectivity index (χ2n) is 3.97. The maximum Gasteiger partial charge on any atom is 1.00 e. The third kappa shape index (κ3) is 2.66. The van der Waals surface area contributed by atoms with Gasteiger partial charge < -0.3 is 12.0 Å². The van der Waals surface area contributed by atoms with Crippen molar-refractivity contribution < 1.29 is 18.9 Å². The summed E-state index contributed by atoms with van der Waals surface area (Å²) in [4.78, 5) is 0. The van der Waals surface area contributed by atoms with Gasteiger partial charge in [-0.1, -0.05) is 51.6 Å². The van der Waals surface area contributed by atoms with Gasteiger partial charge in [-0.2, -0.15) is 0 Å². The van der Waals surface area contributed by atoms with E-state index in [-0.39, 0.29) is 18.9 Å². The van der Waals surface area contributed by atoms with E-state index in [1.807, 2.05) is 0 Å². The van der Waals surface area contributed by atoms with E-state index in [0.717, 1.165) is 5.54 Å². The Labute approximate surface area is 96.1 Å². The van der Waals surface area contributed by atoms with Crippen molar-refractivity contribution >= 4 is 8.07 Å². The average molecular weight is 186 g/mol. The first-order valence-corrected chi connectivity index (χ1v) is 7.72. The summed E-state index contributed by atoms with van der Waals surface area (Å²) in [6.45, 7) is 4.52. The molecule has 1 saturated carbocycles.